The van der Waals surface area contributed by atoms with Crippen molar-refractivity contribution in [3.63, 3.8) is 0 Å². The van der Waals surface area contributed by atoms with Gasteiger partial charge in [0.1, 0.15) is 11.5 Å². The first kappa shape index (κ1) is 16.4. The van der Waals surface area contributed by atoms with Crippen LogP contribution in [0.5, 0.6) is 0 Å². The van der Waals surface area contributed by atoms with Crippen LogP contribution in [0.15, 0.2) is 30.3 Å². The summed E-state index contributed by atoms with van der Waals surface area (Å²) >= 11 is 0. The first-order valence-electron chi connectivity index (χ1n) is 8.31. The van der Waals surface area contributed by atoms with Gasteiger partial charge in [-0.3, -0.25) is 9.78 Å². The number of aromatic nitrogens is 2. The predicted octanol–water partition coefficient (Wildman–Crippen LogP) is 2.15. The third kappa shape index (κ3) is 4.08. The Bertz CT molecular complexity index is 703. The van der Waals surface area contributed by atoms with Crippen LogP contribution in [0.3, 0.4) is 0 Å². The molecule has 1 aliphatic heterocycles. The van der Waals surface area contributed by atoms with Gasteiger partial charge in [0.05, 0.1) is 0 Å². The summed E-state index contributed by atoms with van der Waals surface area (Å²) in [5.41, 5.74) is 2.93. The molecule has 3 heterocycles. The zero-order valence-corrected chi connectivity index (χ0v) is 14.2. The summed E-state index contributed by atoms with van der Waals surface area (Å²) in [7, 11) is 0. The lowest BCUT2D eigenvalue weighted by molar-refractivity contribution is 0.102. The molecule has 6 nitrogen and oxygen atoms in total. The van der Waals surface area contributed by atoms with Gasteiger partial charge in [0.15, 0.2) is 0 Å². The minimum atomic E-state index is -0.199. The van der Waals surface area contributed by atoms with E-state index in [0.717, 1.165) is 55.5 Å². The molecule has 0 spiro atoms. The largest absolute Gasteiger partial charge is 0.355 e. The van der Waals surface area contributed by atoms with Crippen molar-refractivity contribution in [2.24, 2.45) is 0 Å². The molecule has 0 aromatic carbocycles. The topological polar surface area (TPSA) is 70.2 Å². The Morgan fingerprint density at radius 1 is 1.12 bits per heavy atom. The molecular weight excluding hydrogens is 302 g/mol. The molecule has 1 fully saturated rings. The Labute approximate surface area is 142 Å². The summed E-state index contributed by atoms with van der Waals surface area (Å²) in [6.07, 6.45) is 1.08. The van der Waals surface area contributed by atoms with Crippen LogP contribution in [-0.4, -0.2) is 42.1 Å². The fraction of sp³-hybridized carbons (Fsp3) is 0.389. The third-order valence-electron chi connectivity index (χ3n) is 3.97. The quantitative estimate of drug-likeness (QED) is 0.905. The number of anilines is 2. The van der Waals surface area contributed by atoms with Gasteiger partial charge in [0, 0.05) is 36.7 Å². The lowest BCUT2D eigenvalue weighted by atomic mass is 10.2. The normalized spacial score (nSPS) is 15.0. The lowest BCUT2D eigenvalue weighted by Gasteiger charge is -2.21. The molecule has 0 unspecified atom stereocenters. The number of carbonyl (C=O) groups excluding carboxylic acids is 1. The van der Waals surface area contributed by atoms with E-state index < -0.39 is 0 Å². The Kier molecular flexibility index (Phi) is 5.05. The Hall–Kier alpha value is -2.47. The highest BCUT2D eigenvalue weighted by Crippen LogP contribution is 2.15. The van der Waals surface area contributed by atoms with Crippen LogP contribution < -0.4 is 15.5 Å². The van der Waals surface area contributed by atoms with Crippen LogP contribution in [0.1, 0.15) is 28.3 Å². The number of rotatable bonds is 3. The van der Waals surface area contributed by atoms with E-state index in [9.17, 15) is 4.79 Å². The van der Waals surface area contributed by atoms with Gasteiger partial charge < -0.3 is 15.5 Å². The van der Waals surface area contributed by atoms with E-state index in [1.807, 2.05) is 38.1 Å². The minimum absolute atomic E-state index is 0.199. The Morgan fingerprint density at radius 2 is 1.92 bits per heavy atom. The summed E-state index contributed by atoms with van der Waals surface area (Å²) in [6, 6.07) is 9.31. The molecule has 0 atom stereocenters. The van der Waals surface area contributed by atoms with Gasteiger partial charge in [-0.1, -0.05) is 6.07 Å². The van der Waals surface area contributed by atoms with Gasteiger partial charge in [-0.15, -0.1) is 0 Å². The molecule has 2 aromatic rings. The zero-order chi connectivity index (χ0) is 16.9. The van der Waals surface area contributed by atoms with Crippen molar-refractivity contribution in [1.29, 1.82) is 0 Å². The molecule has 0 radical (unpaired) electrons. The Balaban J connectivity index is 1.76. The minimum Gasteiger partial charge on any atom is -0.355 e. The van der Waals surface area contributed by atoms with Crippen LogP contribution >= 0.6 is 0 Å². The summed E-state index contributed by atoms with van der Waals surface area (Å²) in [5.74, 6) is 0.656. The molecule has 2 aromatic heterocycles. The van der Waals surface area contributed by atoms with E-state index in [1.165, 1.54) is 0 Å². The van der Waals surface area contributed by atoms with E-state index in [-0.39, 0.29) is 5.91 Å². The number of nitrogens with zero attached hydrogens (tertiary/aromatic N) is 3. The van der Waals surface area contributed by atoms with Gasteiger partial charge in [-0.25, -0.2) is 4.98 Å². The van der Waals surface area contributed by atoms with Gasteiger partial charge in [0.2, 0.25) is 0 Å². The number of hydrogen-bond acceptors (Lipinski definition) is 5. The first-order valence-corrected chi connectivity index (χ1v) is 8.31. The molecule has 0 saturated carbocycles. The Morgan fingerprint density at radius 3 is 2.71 bits per heavy atom. The first-order chi connectivity index (χ1) is 11.6. The van der Waals surface area contributed by atoms with Crippen molar-refractivity contribution >= 4 is 17.4 Å². The molecule has 2 N–H and O–H groups in total. The number of hydrogen-bond donors (Lipinski definition) is 2. The number of amides is 1. The molecule has 1 amide bonds. The molecule has 1 aliphatic rings. The molecule has 0 bridgehead atoms. The molecular formula is C18H23N5O. The molecule has 3 rings (SSSR count). The summed E-state index contributed by atoms with van der Waals surface area (Å²) < 4.78 is 0. The highest BCUT2D eigenvalue weighted by atomic mass is 16.1. The molecule has 6 heteroatoms. The maximum absolute atomic E-state index is 12.5. The highest BCUT2D eigenvalue weighted by Gasteiger charge is 2.14. The number of pyridine rings is 2. The van der Waals surface area contributed by atoms with E-state index >= 15 is 0 Å². The maximum atomic E-state index is 12.5. The summed E-state index contributed by atoms with van der Waals surface area (Å²) in [4.78, 5) is 23.6. The zero-order valence-electron chi connectivity index (χ0n) is 14.2. The van der Waals surface area contributed by atoms with Crippen LogP contribution in [0.4, 0.5) is 11.5 Å². The smallest absolute Gasteiger partial charge is 0.274 e. The second-order valence-electron chi connectivity index (χ2n) is 6.06. The average molecular weight is 325 g/mol. The van der Waals surface area contributed by atoms with Crippen LogP contribution in [-0.2, 0) is 0 Å². The summed E-state index contributed by atoms with van der Waals surface area (Å²) in [5, 5.41) is 6.28. The van der Waals surface area contributed by atoms with Gasteiger partial charge in [-0.2, -0.15) is 0 Å². The van der Waals surface area contributed by atoms with Crippen LogP contribution in [0, 0.1) is 13.8 Å². The third-order valence-corrected chi connectivity index (χ3v) is 3.97. The van der Waals surface area contributed by atoms with Crippen molar-refractivity contribution in [3.05, 3.63) is 47.4 Å². The number of carbonyl (C=O) groups is 1. The average Bonchev–Trinajstić information content (AvgIpc) is 2.83. The van der Waals surface area contributed by atoms with Crippen molar-refractivity contribution < 1.29 is 4.79 Å². The van der Waals surface area contributed by atoms with E-state index in [1.54, 1.807) is 6.07 Å². The van der Waals surface area contributed by atoms with Crippen LogP contribution in [0.25, 0.3) is 0 Å². The van der Waals surface area contributed by atoms with Gasteiger partial charge in [-0.05, 0) is 51.1 Å². The molecule has 0 aliphatic carbocycles. The van der Waals surface area contributed by atoms with Crippen molar-refractivity contribution in [2.75, 3.05) is 36.4 Å². The lowest BCUT2D eigenvalue weighted by Crippen LogP contribution is -2.29. The monoisotopic (exact) mass is 325 g/mol. The van der Waals surface area contributed by atoms with Crippen molar-refractivity contribution in [1.82, 2.24) is 15.3 Å². The van der Waals surface area contributed by atoms with Crippen LogP contribution in [0.2, 0.25) is 0 Å². The van der Waals surface area contributed by atoms with Crippen molar-refractivity contribution in [3.8, 4) is 0 Å². The second-order valence-corrected chi connectivity index (χ2v) is 6.06. The maximum Gasteiger partial charge on any atom is 0.274 e. The van der Waals surface area contributed by atoms with E-state index in [0.29, 0.717) is 5.69 Å². The SMILES string of the molecule is Cc1cc(NC(=O)c2cccc(N3CCCNCC3)n2)cc(C)n1. The number of aryl methyl sites for hydroxylation is 2. The fourth-order valence-electron chi connectivity index (χ4n) is 2.90. The number of nitrogens with one attached hydrogen (secondary N) is 2. The predicted molar refractivity (Wildman–Crippen MR) is 95.6 cm³/mol. The van der Waals surface area contributed by atoms with Gasteiger partial charge in [0.25, 0.3) is 5.91 Å². The molecule has 1 saturated heterocycles. The molecule has 24 heavy (non-hydrogen) atoms. The second kappa shape index (κ2) is 7.40. The van der Waals surface area contributed by atoms with E-state index in [4.69, 9.17) is 0 Å². The van der Waals surface area contributed by atoms with E-state index in [2.05, 4.69) is 25.5 Å². The summed E-state index contributed by atoms with van der Waals surface area (Å²) in [6.45, 7) is 7.64. The standard InChI is InChI=1S/C18H23N5O/c1-13-11-15(12-14(2)20-13)21-18(24)16-5-3-6-17(22-16)23-9-4-7-19-8-10-23/h3,5-6,11-12,19H,4,7-10H2,1-2H3,(H,20,21,24). The highest BCUT2D eigenvalue weighted by molar-refractivity contribution is 6.03. The molecule has 126 valence electrons. The fourth-order valence-corrected chi connectivity index (χ4v) is 2.90. The van der Waals surface area contributed by atoms with Gasteiger partial charge >= 0.3 is 0 Å². The van der Waals surface area contributed by atoms with Crippen molar-refractivity contribution in [2.45, 2.75) is 20.3 Å².